The number of cyclic esters (lactones) is 1. The van der Waals surface area contributed by atoms with Gasteiger partial charge in [-0.05, 0) is 70.6 Å². The molecule has 242 valence electrons. The van der Waals surface area contributed by atoms with E-state index in [-0.39, 0.29) is 37.0 Å². The Kier molecular flexibility index (Phi) is 13.3. The number of allylic oxidation sites excluding steroid dienone is 3. The highest BCUT2D eigenvalue weighted by atomic mass is 16.6. The molecule has 0 aromatic heterocycles. The molecule has 10 heteroatoms. The summed E-state index contributed by atoms with van der Waals surface area (Å²) in [5.74, 6) is -0.387. The minimum absolute atomic E-state index is 0.135. The lowest BCUT2D eigenvalue weighted by molar-refractivity contribution is -0.151. The molecule has 3 aliphatic rings. The summed E-state index contributed by atoms with van der Waals surface area (Å²) in [4.78, 5) is 43.9. The number of esters is 1. The van der Waals surface area contributed by atoms with Crippen LogP contribution < -0.4 is 0 Å². The number of aliphatic hydroxyl groups is 2. The molecule has 0 saturated carbocycles. The number of hydrogen-bond acceptors (Lipinski definition) is 8. The molecule has 0 aliphatic carbocycles. The molecule has 2 amide bonds. The second-order valence-electron chi connectivity index (χ2n) is 12.9. The van der Waals surface area contributed by atoms with Gasteiger partial charge in [0.25, 0.3) is 0 Å². The van der Waals surface area contributed by atoms with Crippen LogP contribution in [0.1, 0.15) is 72.6 Å². The lowest BCUT2D eigenvalue weighted by Crippen LogP contribution is -2.50. The quantitative estimate of drug-likeness (QED) is 0.257. The number of amides is 2. The van der Waals surface area contributed by atoms with Gasteiger partial charge in [-0.2, -0.15) is 0 Å². The van der Waals surface area contributed by atoms with Crippen LogP contribution >= 0.6 is 0 Å². The van der Waals surface area contributed by atoms with Crippen molar-refractivity contribution in [1.82, 2.24) is 14.7 Å². The molecule has 2 saturated heterocycles. The molecule has 10 nitrogen and oxygen atoms in total. The average Bonchev–Trinajstić information content (AvgIpc) is 3.50. The molecule has 43 heavy (non-hydrogen) atoms. The predicted molar refractivity (Wildman–Crippen MR) is 165 cm³/mol. The summed E-state index contributed by atoms with van der Waals surface area (Å²) >= 11 is 0. The van der Waals surface area contributed by atoms with Gasteiger partial charge in [-0.25, -0.2) is 4.79 Å². The SMILES string of the molecule is C/C(=C\C=C\[C@@H](C)CCC(=O)N1CCCC1)[C@H]1OC(=O)C[C@H](O)CC[C@@](C)(O)[C@@H](OC(=O)N2CCN(C)CC2)/C=C\[C@@H]1C. The van der Waals surface area contributed by atoms with E-state index in [0.717, 1.165) is 51.0 Å². The summed E-state index contributed by atoms with van der Waals surface area (Å²) in [6, 6.07) is 0. The summed E-state index contributed by atoms with van der Waals surface area (Å²) in [5, 5.41) is 21.9. The van der Waals surface area contributed by atoms with Gasteiger partial charge in [-0.1, -0.05) is 38.2 Å². The van der Waals surface area contributed by atoms with E-state index in [0.29, 0.717) is 19.5 Å². The highest BCUT2D eigenvalue weighted by Gasteiger charge is 2.36. The van der Waals surface area contributed by atoms with Crippen LogP contribution in [0.3, 0.4) is 0 Å². The topological polar surface area (TPSA) is 120 Å². The molecule has 3 rings (SSSR count). The molecule has 6 atom stereocenters. The molecule has 0 aromatic carbocycles. The Morgan fingerprint density at radius 3 is 2.49 bits per heavy atom. The number of likely N-dealkylation sites (N-methyl/N-ethyl adjacent to an activating group) is 1. The van der Waals surface area contributed by atoms with Gasteiger partial charge in [0, 0.05) is 51.6 Å². The maximum atomic E-state index is 13.0. The van der Waals surface area contributed by atoms with Crippen LogP contribution in [0.25, 0.3) is 0 Å². The number of hydrogen-bond donors (Lipinski definition) is 2. The highest BCUT2D eigenvalue weighted by Crippen LogP contribution is 2.27. The van der Waals surface area contributed by atoms with Gasteiger partial charge in [0.1, 0.15) is 11.7 Å². The molecular weight excluding hydrogens is 550 g/mol. The van der Waals surface area contributed by atoms with Gasteiger partial charge >= 0.3 is 12.1 Å². The van der Waals surface area contributed by atoms with Crippen LogP contribution in [0.4, 0.5) is 4.79 Å². The highest BCUT2D eigenvalue weighted by molar-refractivity contribution is 5.76. The molecular formula is C33H53N3O7. The number of nitrogens with zero attached hydrogens (tertiary/aromatic N) is 3. The number of rotatable bonds is 7. The van der Waals surface area contributed by atoms with Crippen LogP contribution in [0.2, 0.25) is 0 Å². The van der Waals surface area contributed by atoms with E-state index in [1.807, 2.05) is 50.1 Å². The maximum absolute atomic E-state index is 13.0. The van der Waals surface area contributed by atoms with E-state index >= 15 is 0 Å². The van der Waals surface area contributed by atoms with Gasteiger partial charge in [0.15, 0.2) is 6.10 Å². The number of ether oxygens (including phenoxy) is 2. The summed E-state index contributed by atoms with van der Waals surface area (Å²) in [5.41, 5.74) is -0.635. The zero-order valence-corrected chi connectivity index (χ0v) is 26.7. The Morgan fingerprint density at radius 2 is 1.81 bits per heavy atom. The van der Waals surface area contributed by atoms with Gasteiger partial charge in [-0.3, -0.25) is 9.59 Å². The number of carbonyl (C=O) groups is 3. The minimum atomic E-state index is -1.45. The van der Waals surface area contributed by atoms with Crippen molar-refractivity contribution in [3.63, 3.8) is 0 Å². The number of likely N-dealkylation sites (tertiary alicyclic amines) is 1. The van der Waals surface area contributed by atoms with Gasteiger partial charge < -0.3 is 34.4 Å². The Balaban J connectivity index is 1.71. The maximum Gasteiger partial charge on any atom is 0.410 e. The molecule has 0 aromatic rings. The van der Waals surface area contributed by atoms with Crippen LogP contribution in [0.5, 0.6) is 0 Å². The third-order valence-electron chi connectivity index (χ3n) is 8.83. The summed E-state index contributed by atoms with van der Waals surface area (Å²) in [6.45, 7) is 11.8. The van der Waals surface area contributed by atoms with E-state index < -0.39 is 36.0 Å². The van der Waals surface area contributed by atoms with E-state index in [1.165, 1.54) is 0 Å². The summed E-state index contributed by atoms with van der Waals surface area (Å²) in [7, 11) is 2.00. The first kappa shape index (κ1) is 34.8. The fourth-order valence-electron chi connectivity index (χ4n) is 5.69. The summed E-state index contributed by atoms with van der Waals surface area (Å²) in [6.07, 6.45) is 9.90. The van der Waals surface area contributed by atoms with E-state index in [2.05, 4.69) is 11.8 Å². The first-order valence-corrected chi connectivity index (χ1v) is 15.9. The van der Waals surface area contributed by atoms with Gasteiger partial charge in [0.05, 0.1) is 12.5 Å². The lowest BCUT2D eigenvalue weighted by Gasteiger charge is -2.36. The van der Waals surface area contributed by atoms with Crippen molar-refractivity contribution in [1.29, 1.82) is 0 Å². The molecule has 0 bridgehead atoms. The fourth-order valence-corrected chi connectivity index (χ4v) is 5.69. The van der Waals surface area contributed by atoms with Crippen LogP contribution in [0.15, 0.2) is 36.0 Å². The zero-order valence-electron chi connectivity index (χ0n) is 26.7. The number of aliphatic hydroxyl groups excluding tert-OH is 1. The zero-order chi connectivity index (χ0) is 31.6. The molecule has 0 radical (unpaired) electrons. The molecule has 2 N–H and O–H groups in total. The van der Waals surface area contributed by atoms with Crippen molar-refractivity contribution >= 4 is 18.0 Å². The Morgan fingerprint density at radius 1 is 1.14 bits per heavy atom. The van der Waals surface area contributed by atoms with Crippen molar-refractivity contribution in [3.8, 4) is 0 Å². The lowest BCUT2D eigenvalue weighted by atomic mass is 9.88. The molecule has 3 heterocycles. The Hall–Kier alpha value is -2.69. The van der Waals surface area contributed by atoms with Crippen molar-refractivity contribution in [2.24, 2.45) is 11.8 Å². The van der Waals surface area contributed by atoms with Crippen molar-refractivity contribution in [2.45, 2.75) is 96.6 Å². The number of piperazine rings is 1. The van der Waals surface area contributed by atoms with Crippen LogP contribution in [-0.4, -0.2) is 113 Å². The number of carbonyl (C=O) groups excluding carboxylic acids is 3. The predicted octanol–water partition coefficient (Wildman–Crippen LogP) is 3.68. The Bertz CT molecular complexity index is 1030. The van der Waals surface area contributed by atoms with Crippen LogP contribution in [-0.2, 0) is 19.1 Å². The third kappa shape index (κ3) is 11.1. The van der Waals surface area contributed by atoms with Crippen molar-refractivity contribution in [3.05, 3.63) is 36.0 Å². The first-order valence-electron chi connectivity index (χ1n) is 15.9. The van der Waals surface area contributed by atoms with Crippen LogP contribution in [0, 0.1) is 11.8 Å². The second-order valence-corrected chi connectivity index (χ2v) is 12.9. The average molecular weight is 604 g/mol. The van der Waals surface area contributed by atoms with E-state index in [1.54, 1.807) is 17.9 Å². The Labute approximate surface area is 257 Å². The molecule has 0 spiro atoms. The molecule has 2 fully saturated rings. The monoisotopic (exact) mass is 603 g/mol. The van der Waals surface area contributed by atoms with Gasteiger partial charge in [-0.15, -0.1) is 0 Å². The smallest absolute Gasteiger partial charge is 0.410 e. The summed E-state index contributed by atoms with van der Waals surface area (Å²) < 4.78 is 11.7. The third-order valence-corrected chi connectivity index (χ3v) is 8.83. The first-order chi connectivity index (χ1) is 20.4. The fraction of sp³-hybridized carbons (Fsp3) is 0.727. The largest absolute Gasteiger partial charge is 0.457 e. The molecule has 0 unspecified atom stereocenters. The second kappa shape index (κ2) is 16.4. The standard InChI is InChI=1S/C33H53N3O7/c1-24(11-14-29(38)35-17-6-7-18-35)9-8-10-25(2)31-26(3)12-13-28(42-32(40)36-21-19-34(5)20-22-36)33(4,41)16-15-27(37)23-30(39)43-31/h8-10,12-13,24,26-28,31,37,41H,6-7,11,14-23H2,1-5H3/b9-8+,13-12-,25-10+/t24-,26+,27-,28+,31-,33-/m1/s1. The van der Waals surface area contributed by atoms with E-state index in [4.69, 9.17) is 9.47 Å². The molecule has 3 aliphatic heterocycles. The van der Waals surface area contributed by atoms with Gasteiger partial charge in [0.2, 0.25) is 5.91 Å². The normalized spacial score (nSPS) is 31.7. The van der Waals surface area contributed by atoms with Crippen molar-refractivity contribution < 1.29 is 34.1 Å². The van der Waals surface area contributed by atoms with E-state index in [9.17, 15) is 24.6 Å². The minimum Gasteiger partial charge on any atom is -0.457 e. The van der Waals surface area contributed by atoms with Crippen molar-refractivity contribution in [2.75, 3.05) is 46.3 Å².